The second-order valence-corrected chi connectivity index (χ2v) is 4.25. The molecule has 0 radical (unpaired) electrons. The van der Waals surface area contributed by atoms with Gasteiger partial charge in [0.15, 0.2) is 0 Å². The van der Waals surface area contributed by atoms with Crippen LogP contribution in [-0.2, 0) is 14.3 Å². The molecule has 1 aromatic carbocycles. The highest BCUT2D eigenvalue weighted by Gasteiger charge is 2.10. The van der Waals surface area contributed by atoms with E-state index >= 15 is 0 Å². The van der Waals surface area contributed by atoms with Crippen LogP contribution in [0.5, 0.6) is 0 Å². The zero-order valence-corrected chi connectivity index (χ0v) is 12.3. The van der Waals surface area contributed by atoms with Crippen LogP contribution in [0.2, 0.25) is 0 Å². The lowest BCUT2D eigenvalue weighted by atomic mass is 10.0. The molecular formula is C14H21ClN2O3. The monoisotopic (exact) mass is 300 g/mol. The molecule has 0 aromatic heterocycles. The summed E-state index contributed by atoms with van der Waals surface area (Å²) in [6.07, 6.45) is 1.11. The lowest BCUT2D eigenvalue weighted by molar-refractivity contribution is -0.140. The Morgan fingerprint density at radius 3 is 2.55 bits per heavy atom. The van der Waals surface area contributed by atoms with E-state index in [2.05, 4.69) is 10.1 Å². The number of carbonyl (C=O) groups is 2. The standard InChI is InChI=1S/C14H20N2O3.ClH/c1-19-14(18)8-5-9-16-13(17)10-12(15)11-6-3-2-4-7-11;/h2-4,6-7,12H,5,8-10,15H2,1H3,(H,16,17);1H. The smallest absolute Gasteiger partial charge is 0.305 e. The summed E-state index contributed by atoms with van der Waals surface area (Å²) < 4.78 is 4.51. The molecule has 3 N–H and O–H groups in total. The molecule has 0 bridgehead atoms. The lowest BCUT2D eigenvalue weighted by Gasteiger charge is -2.11. The quantitative estimate of drug-likeness (QED) is 0.591. The highest BCUT2D eigenvalue weighted by atomic mass is 35.5. The predicted molar refractivity (Wildman–Crippen MR) is 79.5 cm³/mol. The summed E-state index contributed by atoms with van der Waals surface area (Å²) in [5.41, 5.74) is 6.87. The van der Waals surface area contributed by atoms with Gasteiger partial charge >= 0.3 is 5.97 Å². The number of halogens is 1. The van der Waals surface area contributed by atoms with Crippen LogP contribution < -0.4 is 11.1 Å². The van der Waals surface area contributed by atoms with Gasteiger partial charge in [-0.05, 0) is 12.0 Å². The van der Waals surface area contributed by atoms with Gasteiger partial charge in [0.2, 0.25) is 5.91 Å². The molecule has 0 aliphatic heterocycles. The van der Waals surface area contributed by atoms with Gasteiger partial charge < -0.3 is 15.8 Å². The molecule has 0 spiro atoms. The van der Waals surface area contributed by atoms with Gasteiger partial charge in [-0.3, -0.25) is 9.59 Å². The maximum Gasteiger partial charge on any atom is 0.305 e. The van der Waals surface area contributed by atoms with Crippen molar-refractivity contribution in [3.63, 3.8) is 0 Å². The normalized spacial score (nSPS) is 11.1. The molecule has 112 valence electrons. The fourth-order valence-electron chi connectivity index (χ4n) is 1.65. The van der Waals surface area contributed by atoms with Crippen molar-refractivity contribution in [1.29, 1.82) is 0 Å². The number of benzene rings is 1. The summed E-state index contributed by atoms with van der Waals surface area (Å²) in [5, 5.41) is 2.74. The van der Waals surface area contributed by atoms with E-state index in [-0.39, 0.29) is 36.7 Å². The van der Waals surface area contributed by atoms with Crippen LogP contribution in [0.4, 0.5) is 0 Å². The van der Waals surface area contributed by atoms with Crippen LogP contribution in [0.3, 0.4) is 0 Å². The molecule has 0 aliphatic rings. The van der Waals surface area contributed by atoms with Crippen molar-refractivity contribution in [1.82, 2.24) is 5.32 Å². The summed E-state index contributed by atoms with van der Waals surface area (Å²) in [5.74, 6) is -0.378. The molecule has 0 saturated heterocycles. The Labute approximate surface area is 125 Å². The third-order valence-electron chi connectivity index (χ3n) is 2.74. The number of nitrogens with two attached hydrogens (primary N) is 1. The molecule has 1 atom stereocenters. The van der Waals surface area contributed by atoms with Crippen LogP contribution >= 0.6 is 12.4 Å². The number of hydrogen-bond acceptors (Lipinski definition) is 4. The van der Waals surface area contributed by atoms with Gasteiger partial charge in [-0.1, -0.05) is 30.3 Å². The predicted octanol–water partition coefficient (Wildman–Crippen LogP) is 1.57. The SMILES string of the molecule is COC(=O)CCCNC(=O)CC(N)c1ccccc1.Cl. The lowest BCUT2D eigenvalue weighted by Crippen LogP contribution is -2.28. The van der Waals surface area contributed by atoms with Crippen molar-refractivity contribution in [3.05, 3.63) is 35.9 Å². The van der Waals surface area contributed by atoms with E-state index in [1.165, 1.54) is 7.11 Å². The summed E-state index contributed by atoms with van der Waals surface area (Å²) in [6.45, 7) is 0.454. The Hall–Kier alpha value is -1.59. The number of ether oxygens (including phenoxy) is 1. The zero-order valence-electron chi connectivity index (χ0n) is 11.5. The average Bonchev–Trinajstić information content (AvgIpc) is 2.44. The minimum Gasteiger partial charge on any atom is -0.469 e. The molecule has 0 heterocycles. The number of rotatable bonds is 7. The van der Waals surface area contributed by atoms with Crippen LogP contribution in [0.15, 0.2) is 30.3 Å². The molecular weight excluding hydrogens is 280 g/mol. The Bertz CT molecular complexity index is 412. The maximum atomic E-state index is 11.6. The van der Waals surface area contributed by atoms with Crippen LogP contribution in [0.25, 0.3) is 0 Å². The number of carbonyl (C=O) groups excluding carboxylic acids is 2. The molecule has 1 amide bonds. The van der Waals surface area contributed by atoms with Crippen LogP contribution in [-0.4, -0.2) is 25.5 Å². The molecule has 0 saturated carbocycles. The molecule has 6 heteroatoms. The minimum absolute atomic E-state index is 0. The van der Waals surface area contributed by atoms with Gasteiger partial charge in [-0.25, -0.2) is 0 Å². The first-order chi connectivity index (χ1) is 9.13. The van der Waals surface area contributed by atoms with E-state index < -0.39 is 0 Å². The minimum atomic E-state index is -0.304. The van der Waals surface area contributed by atoms with Crippen molar-refractivity contribution in [3.8, 4) is 0 Å². The van der Waals surface area contributed by atoms with Gasteiger partial charge in [0, 0.05) is 25.4 Å². The molecule has 1 aromatic rings. The number of nitrogens with one attached hydrogen (secondary N) is 1. The van der Waals surface area contributed by atoms with Crippen molar-refractivity contribution in [2.75, 3.05) is 13.7 Å². The van der Waals surface area contributed by atoms with Crippen molar-refractivity contribution < 1.29 is 14.3 Å². The number of methoxy groups -OCH3 is 1. The van der Waals surface area contributed by atoms with Crippen molar-refractivity contribution >= 4 is 24.3 Å². The van der Waals surface area contributed by atoms with Gasteiger partial charge in [0.05, 0.1) is 7.11 Å². The number of esters is 1. The summed E-state index contributed by atoms with van der Waals surface area (Å²) in [4.78, 5) is 22.5. The molecule has 0 aliphatic carbocycles. The highest BCUT2D eigenvalue weighted by Crippen LogP contribution is 2.12. The number of amides is 1. The molecule has 1 unspecified atom stereocenters. The molecule has 5 nitrogen and oxygen atoms in total. The van der Waals surface area contributed by atoms with E-state index in [1.807, 2.05) is 30.3 Å². The Morgan fingerprint density at radius 1 is 1.30 bits per heavy atom. The van der Waals surface area contributed by atoms with E-state index in [0.29, 0.717) is 19.4 Å². The van der Waals surface area contributed by atoms with E-state index in [1.54, 1.807) is 0 Å². The van der Waals surface area contributed by atoms with Gasteiger partial charge in [0.25, 0.3) is 0 Å². The fourth-order valence-corrected chi connectivity index (χ4v) is 1.65. The molecule has 20 heavy (non-hydrogen) atoms. The van der Waals surface area contributed by atoms with Gasteiger partial charge in [0.1, 0.15) is 0 Å². The summed E-state index contributed by atoms with van der Waals surface area (Å²) in [7, 11) is 1.35. The second kappa shape index (κ2) is 10.2. The topological polar surface area (TPSA) is 81.4 Å². The van der Waals surface area contributed by atoms with Crippen LogP contribution in [0, 0.1) is 0 Å². The van der Waals surface area contributed by atoms with Crippen molar-refractivity contribution in [2.24, 2.45) is 5.73 Å². The molecule has 0 fully saturated rings. The van der Waals surface area contributed by atoms with Crippen molar-refractivity contribution in [2.45, 2.75) is 25.3 Å². The first-order valence-corrected chi connectivity index (χ1v) is 6.27. The largest absolute Gasteiger partial charge is 0.469 e. The summed E-state index contributed by atoms with van der Waals surface area (Å²) >= 11 is 0. The van der Waals surface area contributed by atoms with E-state index in [0.717, 1.165) is 5.56 Å². The van der Waals surface area contributed by atoms with Crippen LogP contribution in [0.1, 0.15) is 30.9 Å². The first-order valence-electron chi connectivity index (χ1n) is 6.27. The average molecular weight is 301 g/mol. The van der Waals surface area contributed by atoms with E-state index in [4.69, 9.17) is 5.73 Å². The Kier molecular flexibility index (Phi) is 9.41. The van der Waals surface area contributed by atoms with E-state index in [9.17, 15) is 9.59 Å². The highest BCUT2D eigenvalue weighted by molar-refractivity contribution is 5.85. The zero-order chi connectivity index (χ0) is 14.1. The Morgan fingerprint density at radius 2 is 1.95 bits per heavy atom. The number of hydrogen-bond donors (Lipinski definition) is 2. The molecule has 1 rings (SSSR count). The maximum absolute atomic E-state index is 11.6. The fraction of sp³-hybridized carbons (Fsp3) is 0.429. The van der Waals surface area contributed by atoms with Gasteiger partial charge in [-0.2, -0.15) is 0 Å². The first kappa shape index (κ1) is 18.4. The third-order valence-corrected chi connectivity index (χ3v) is 2.74. The Balaban J connectivity index is 0.00000361. The summed E-state index contributed by atoms with van der Waals surface area (Å²) in [6, 6.07) is 9.18. The third kappa shape index (κ3) is 7.11. The van der Waals surface area contributed by atoms with Gasteiger partial charge in [-0.15, -0.1) is 12.4 Å². The second-order valence-electron chi connectivity index (χ2n) is 4.25.